The van der Waals surface area contributed by atoms with Gasteiger partial charge in [0.2, 0.25) is 5.95 Å². The summed E-state index contributed by atoms with van der Waals surface area (Å²) in [4.78, 5) is 25.7. The first kappa shape index (κ1) is 21.6. The number of benzene rings is 1. The standard InChI is InChI=1S/C23H19ClFN5O2/c1-12(16-8-9-26-20(25)10-16)27-23(31)19-11-18(15-4-6-17(24)7-5-15)28-22(29-19)21-13(2)30-32-14(21)3/h4-12H,1-3H3,(H,27,31). The molecule has 7 nitrogen and oxygen atoms in total. The molecule has 0 fully saturated rings. The summed E-state index contributed by atoms with van der Waals surface area (Å²) in [6.45, 7) is 5.29. The van der Waals surface area contributed by atoms with Gasteiger partial charge in [-0.3, -0.25) is 4.79 Å². The van der Waals surface area contributed by atoms with Crippen LogP contribution in [0.25, 0.3) is 22.6 Å². The molecule has 32 heavy (non-hydrogen) atoms. The Hall–Kier alpha value is -3.65. The van der Waals surface area contributed by atoms with Gasteiger partial charge >= 0.3 is 0 Å². The number of aromatic nitrogens is 4. The van der Waals surface area contributed by atoms with Crippen LogP contribution < -0.4 is 5.32 Å². The topological polar surface area (TPSA) is 93.8 Å². The van der Waals surface area contributed by atoms with E-state index in [0.29, 0.717) is 39.1 Å². The maximum absolute atomic E-state index is 13.5. The number of carbonyl (C=O) groups excluding carboxylic acids is 1. The number of aryl methyl sites for hydroxylation is 2. The summed E-state index contributed by atoms with van der Waals surface area (Å²) in [6.07, 6.45) is 1.35. The number of carbonyl (C=O) groups is 1. The van der Waals surface area contributed by atoms with Crippen LogP contribution in [0.15, 0.2) is 53.2 Å². The number of halogens is 2. The van der Waals surface area contributed by atoms with Gasteiger partial charge in [0, 0.05) is 16.8 Å². The molecule has 4 aromatic rings. The zero-order valence-corrected chi connectivity index (χ0v) is 18.3. The highest BCUT2D eigenvalue weighted by Gasteiger charge is 2.20. The van der Waals surface area contributed by atoms with E-state index in [0.717, 1.165) is 5.56 Å². The number of hydrogen-bond donors (Lipinski definition) is 1. The van der Waals surface area contributed by atoms with E-state index in [1.54, 1.807) is 45.0 Å². The van der Waals surface area contributed by atoms with E-state index < -0.39 is 17.9 Å². The molecular formula is C23H19ClFN5O2. The van der Waals surface area contributed by atoms with Crippen molar-refractivity contribution in [2.45, 2.75) is 26.8 Å². The fourth-order valence-electron chi connectivity index (χ4n) is 3.29. The van der Waals surface area contributed by atoms with Gasteiger partial charge in [-0.2, -0.15) is 4.39 Å². The minimum absolute atomic E-state index is 0.154. The summed E-state index contributed by atoms with van der Waals surface area (Å²) in [5.74, 6) is -0.180. The Morgan fingerprint density at radius 2 is 1.88 bits per heavy atom. The van der Waals surface area contributed by atoms with Gasteiger partial charge in [-0.25, -0.2) is 15.0 Å². The van der Waals surface area contributed by atoms with E-state index in [9.17, 15) is 9.18 Å². The average Bonchev–Trinajstić information content (AvgIpc) is 3.11. The van der Waals surface area contributed by atoms with Crippen LogP contribution in [0.4, 0.5) is 4.39 Å². The highest BCUT2D eigenvalue weighted by Crippen LogP contribution is 2.28. The Balaban J connectivity index is 1.75. The monoisotopic (exact) mass is 451 g/mol. The third-order valence-corrected chi connectivity index (χ3v) is 5.21. The van der Waals surface area contributed by atoms with Crippen LogP contribution in [-0.4, -0.2) is 26.0 Å². The molecule has 162 valence electrons. The molecular weight excluding hydrogens is 433 g/mol. The predicted molar refractivity (Wildman–Crippen MR) is 118 cm³/mol. The first-order chi connectivity index (χ1) is 15.3. The number of amides is 1. The lowest BCUT2D eigenvalue weighted by atomic mass is 10.1. The van der Waals surface area contributed by atoms with Crippen LogP contribution in [0, 0.1) is 19.8 Å². The van der Waals surface area contributed by atoms with Gasteiger partial charge in [-0.1, -0.05) is 28.9 Å². The molecule has 1 N–H and O–H groups in total. The van der Waals surface area contributed by atoms with E-state index in [2.05, 4.69) is 25.4 Å². The molecule has 9 heteroatoms. The molecule has 0 aliphatic carbocycles. The third-order valence-electron chi connectivity index (χ3n) is 4.95. The maximum atomic E-state index is 13.5. The van der Waals surface area contributed by atoms with Crippen LogP contribution >= 0.6 is 11.6 Å². The Morgan fingerprint density at radius 3 is 2.53 bits per heavy atom. The molecule has 0 saturated carbocycles. The lowest BCUT2D eigenvalue weighted by Crippen LogP contribution is -2.28. The fraction of sp³-hybridized carbons (Fsp3) is 0.174. The maximum Gasteiger partial charge on any atom is 0.270 e. The van der Waals surface area contributed by atoms with Crippen molar-refractivity contribution in [3.8, 4) is 22.6 Å². The number of hydrogen-bond acceptors (Lipinski definition) is 6. The van der Waals surface area contributed by atoms with Crippen molar-refractivity contribution in [1.29, 1.82) is 0 Å². The zero-order chi connectivity index (χ0) is 22.8. The molecule has 1 aromatic carbocycles. The third kappa shape index (κ3) is 4.50. The molecule has 1 unspecified atom stereocenters. The van der Waals surface area contributed by atoms with Crippen LogP contribution in [0.5, 0.6) is 0 Å². The SMILES string of the molecule is Cc1noc(C)c1-c1nc(C(=O)NC(C)c2ccnc(F)c2)cc(-c2ccc(Cl)cc2)n1. The molecule has 0 aliphatic rings. The van der Waals surface area contributed by atoms with E-state index in [1.807, 2.05) is 12.1 Å². The largest absolute Gasteiger partial charge is 0.361 e. The lowest BCUT2D eigenvalue weighted by Gasteiger charge is -2.15. The molecule has 0 aliphatic heterocycles. The Kier molecular flexibility index (Phi) is 5.96. The summed E-state index contributed by atoms with van der Waals surface area (Å²) < 4.78 is 18.7. The highest BCUT2D eigenvalue weighted by molar-refractivity contribution is 6.30. The number of pyridine rings is 1. The second-order valence-corrected chi connectivity index (χ2v) is 7.71. The molecule has 4 rings (SSSR count). The smallest absolute Gasteiger partial charge is 0.270 e. The summed E-state index contributed by atoms with van der Waals surface area (Å²) in [5, 5.41) is 7.40. The minimum atomic E-state index is -0.614. The second kappa shape index (κ2) is 8.84. The van der Waals surface area contributed by atoms with E-state index in [1.165, 1.54) is 12.3 Å². The molecule has 3 heterocycles. The van der Waals surface area contributed by atoms with E-state index in [4.69, 9.17) is 16.1 Å². The summed E-state index contributed by atoms with van der Waals surface area (Å²) in [6, 6.07) is 11.2. The molecule has 1 amide bonds. The minimum Gasteiger partial charge on any atom is -0.361 e. The van der Waals surface area contributed by atoms with Gasteiger partial charge in [-0.15, -0.1) is 0 Å². The first-order valence-corrected chi connectivity index (χ1v) is 10.2. The van der Waals surface area contributed by atoms with E-state index >= 15 is 0 Å². The van der Waals surface area contributed by atoms with Gasteiger partial charge in [0.15, 0.2) is 5.82 Å². The predicted octanol–water partition coefficient (Wildman–Crippen LogP) is 5.09. The first-order valence-electron chi connectivity index (χ1n) is 9.82. The van der Waals surface area contributed by atoms with Gasteiger partial charge in [-0.05, 0) is 56.7 Å². The Bertz CT molecular complexity index is 1270. The van der Waals surface area contributed by atoms with Crippen LogP contribution in [0.2, 0.25) is 5.02 Å². The van der Waals surface area contributed by atoms with Crippen molar-refractivity contribution in [1.82, 2.24) is 25.4 Å². The van der Waals surface area contributed by atoms with Crippen molar-refractivity contribution < 1.29 is 13.7 Å². The van der Waals surface area contributed by atoms with Crippen LogP contribution in [0.3, 0.4) is 0 Å². The second-order valence-electron chi connectivity index (χ2n) is 7.28. The number of rotatable bonds is 5. The van der Waals surface area contributed by atoms with Crippen molar-refractivity contribution >= 4 is 17.5 Å². The van der Waals surface area contributed by atoms with Gasteiger partial charge in [0.05, 0.1) is 23.0 Å². The Labute approximate surface area is 188 Å². The Morgan fingerprint density at radius 1 is 1.12 bits per heavy atom. The molecule has 0 spiro atoms. The molecule has 0 bridgehead atoms. The normalized spacial score (nSPS) is 11.9. The molecule has 0 radical (unpaired) electrons. The number of nitrogens with one attached hydrogen (secondary N) is 1. The number of nitrogens with zero attached hydrogens (tertiary/aromatic N) is 4. The molecule has 3 aromatic heterocycles. The quantitative estimate of drug-likeness (QED) is 0.424. The zero-order valence-electron chi connectivity index (χ0n) is 17.6. The van der Waals surface area contributed by atoms with Gasteiger partial charge in [0.25, 0.3) is 5.91 Å². The summed E-state index contributed by atoms with van der Waals surface area (Å²) in [7, 11) is 0. The fourth-order valence-corrected chi connectivity index (χ4v) is 3.41. The van der Waals surface area contributed by atoms with Crippen molar-refractivity contribution in [3.05, 3.63) is 82.3 Å². The van der Waals surface area contributed by atoms with Crippen molar-refractivity contribution in [2.75, 3.05) is 0 Å². The summed E-state index contributed by atoms with van der Waals surface area (Å²) >= 11 is 6.01. The highest BCUT2D eigenvalue weighted by atomic mass is 35.5. The molecule has 0 saturated heterocycles. The van der Waals surface area contributed by atoms with Crippen LogP contribution in [0.1, 0.15) is 40.5 Å². The van der Waals surface area contributed by atoms with Gasteiger partial charge < -0.3 is 9.84 Å². The van der Waals surface area contributed by atoms with Crippen molar-refractivity contribution in [3.63, 3.8) is 0 Å². The van der Waals surface area contributed by atoms with Gasteiger partial charge in [0.1, 0.15) is 11.5 Å². The lowest BCUT2D eigenvalue weighted by molar-refractivity contribution is 0.0934. The van der Waals surface area contributed by atoms with Crippen molar-refractivity contribution in [2.24, 2.45) is 0 Å². The van der Waals surface area contributed by atoms with E-state index in [-0.39, 0.29) is 5.69 Å². The average molecular weight is 452 g/mol. The molecule has 1 atom stereocenters. The summed E-state index contributed by atoms with van der Waals surface area (Å²) in [5.41, 5.74) is 3.29. The van der Waals surface area contributed by atoms with Crippen LogP contribution in [-0.2, 0) is 0 Å².